The van der Waals surface area contributed by atoms with Crippen LogP contribution in [0.3, 0.4) is 0 Å². The quantitative estimate of drug-likeness (QED) is 0.464. The number of aliphatic hydroxyl groups is 1. The number of hydrogen-bond donors (Lipinski definition) is 3. The third-order valence-electron chi connectivity index (χ3n) is 4.21. The standard InChI is InChI=1S/C17H13NO5S/c19-8-9-1-2-10-6-12-13(7-11(10)5-9)16(21)17-14(15(12)20)18-3-4-24(17,22)23/h1-3,5-7,19-21H,4,8H2. The van der Waals surface area contributed by atoms with Crippen LogP contribution in [0, 0.1) is 0 Å². The van der Waals surface area contributed by atoms with Gasteiger partial charge in [-0.2, -0.15) is 0 Å². The predicted octanol–water partition coefficient (Wildman–Crippen LogP) is 2.39. The maximum atomic E-state index is 12.3. The maximum absolute atomic E-state index is 12.3. The third-order valence-corrected chi connectivity index (χ3v) is 5.81. The van der Waals surface area contributed by atoms with E-state index < -0.39 is 15.6 Å². The van der Waals surface area contributed by atoms with Crippen LogP contribution in [0.5, 0.6) is 11.5 Å². The molecule has 1 aliphatic rings. The average Bonchev–Trinajstić information content (AvgIpc) is 2.57. The van der Waals surface area contributed by atoms with Gasteiger partial charge in [-0.05, 0) is 34.5 Å². The highest BCUT2D eigenvalue weighted by Crippen LogP contribution is 2.49. The molecule has 0 saturated heterocycles. The average molecular weight is 343 g/mol. The molecule has 3 aromatic rings. The number of benzene rings is 3. The molecule has 0 bridgehead atoms. The first kappa shape index (κ1) is 14.9. The van der Waals surface area contributed by atoms with Crippen molar-refractivity contribution in [3.05, 3.63) is 35.9 Å². The molecule has 0 atom stereocenters. The van der Waals surface area contributed by atoms with Crippen molar-refractivity contribution in [3.63, 3.8) is 0 Å². The number of aliphatic imine (C=N–C) groups is 1. The number of hydrogen-bond acceptors (Lipinski definition) is 6. The topological polar surface area (TPSA) is 107 Å². The van der Waals surface area contributed by atoms with Crippen molar-refractivity contribution < 1.29 is 23.7 Å². The van der Waals surface area contributed by atoms with Gasteiger partial charge in [0.2, 0.25) is 0 Å². The normalized spacial score (nSPS) is 15.7. The highest BCUT2D eigenvalue weighted by Gasteiger charge is 2.30. The van der Waals surface area contributed by atoms with Crippen molar-refractivity contribution in [3.8, 4) is 11.5 Å². The number of aliphatic hydroxyl groups excluding tert-OH is 1. The van der Waals surface area contributed by atoms with Crippen molar-refractivity contribution in [1.29, 1.82) is 0 Å². The Bertz CT molecular complexity index is 1150. The van der Waals surface area contributed by atoms with Crippen LogP contribution in [-0.2, 0) is 16.4 Å². The summed E-state index contributed by atoms with van der Waals surface area (Å²) in [5.74, 6) is -1.00. The second-order valence-electron chi connectivity index (χ2n) is 5.71. The molecule has 0 aromatic heterocycles. The Kier molecular flexibility index (Phi) is 3.06. The van der Waals surface area contributed by atoms with Crippen molar-refractivity contribution in [1.82, 2.24) is 0 Å². The van der Waals surface area contributed by atoms with Gasteiger partial charge in [0.15, 0.2) is 15.6 Å². The van der Waals surface area contributed by atoms with E-state index in [1.165, 1.54) is 6.21 Å². The lowest BCUT2D eigenvalue weighted by Gasteiger charge is -2.17. The zero-order chi connectivity index (χ0) is 17.1. The van der Waals surface area contributed by atoms with E-state index in [0.717, 1.165) is 10.8 Å². The second-order valence-corrected chi connectivity index (χ2v) is 7.68. The van der Waals surface area contributed by atoms with Gasteiger partial charge in [0, 0.05) is 17.0 Å². The van der Waals surface area contributed by atoms with Gasteiger partial charge >= 0.3 is 0 Å². The van der Waals surface area contributed by atoms with Crippen LogP contribution < -0.4 is 0 Å². The Hall–Kier alpha value is -2.64. The molecule has 1 aliphatic heterocycles. The highest BCUT2D eigenvalue weighted by atomic mass is 32.2. The monoisotopic (exact) mass is 343 g/mol. The molecule has 0 radical (unpaired) electrons. The minimum atomic E-state index is -3.75. The molecule has 4 rings (SSSR count). The molecule has 7 heteroatoms. The number of fused-ring (bicyclic) bond motifs is 3. The summed E-state index contributed by atoms with van der Waals surface area (Å²) < 4.78 is 24.5. The molecule has 0 fully saturated rings. The summed E-state index contributed by atoms with van der Waals surface area (Å²) in [6.07, 6.45) is 1.21. The number of sulfone groups is 1. The Morgan fingerprint density at radius 2 is 1.71 bits per heavy atom. The molecule has 0 aliphatic carbocycles. The number of rotatable bonds is 1. The number of aromatic hydroxyl groups is 2. The van der Waals surface area contributed by atoms with E-state index in [1.54, 1.807) is 30.3 Å². The van der Waals surface area contributed by atoms with Crippen LogP contribution in [-0.4, -0.2) is 35.7 Å². The molecule has 0 unspecified atom stereocenters. The smallest absolute Gasteiger partial charge is 0.189 e. The first-order valence-electron chi connectivity index (χ1n) is 7.23. The van der Waals surface area contributed by atoms with Crippen LogP contribution in [0.15, 0.2) is 40.2 Å². The Balaban J connectivity index is 2.19. The summed E-state index contributed by atoms with van der Waals surface area (Å²) in [6.45, 7) is -0.126. The third kappa shape index (κ3) is 1.98. The minimum Gasteiger partial charge on any atom is -0.506 e. The molecule has 0 amide bonds. The SMILES string of the molecule is O=S1(=O)CC=Nc2c1c(O)c1cc3cc(CO)ccc3cc1c2O. The fourth-order valence-corrected chi connectivity index (χ4v) is 4.32. The summed E-state index contributed by atoms with van der Waals surface area (Å²) in [6, 6.07) is 8.56. The minimum absolute atomic E-state index is 0.126. The first-order chi connectivity index (χ1) is 11.4. The van der Waals surface area contributed by atoms with Gasteiger partial charge in [-0.1, -0.05) is 12.1 Å². The van der Waals surface area contributed by atoms with Crippen LogP contribution in [0.2, 0.25) is 0 Å². The Morgan fingerprint density at radius 1 is 1.00 bits per heavy atom. The van der Waals surface area contributed by atoms with Gasteiger partial charge < -0.3 is 15.3 Å². The summed E-state index contributed by atoms with van der Waals surface area (Å²) in [5, 5.41) is 32.3. The number of phenolic OH excluding ortho intramolecular Hbond substituents is 2. The Morgan fingerprint density at radius 3 is 2.46 bits per heavy atom. The molecule has 6 nitrogen and oxygen atoms in total. The zero-order valence-corrected chi connectivity index (χ0v) is 13.2. The largest absolute Gasteiger partial charge is 0.506 e. The molecule has 3 N–H and O–H groups in total. The van der Waals surface area contributed by atoms with E-state index in [2.05, 4.69) is 4.99 Å². The van der Waals surface area contributed by atoms with Crippen LogP contribution in [0.1, 0.15) is 5.56 Å². The molecular formula is C17H13NO5S. The van der Waals surface area contributed by atoms with Crippen molar-refractivity contribution in [2.75, 3.05) is 5.75 Å². The van der Waals surface area contributed by atoms with Gasteiger partial charge in [0.25, 0.3) is 0 Å². The van der Waals surface area contributed by atoms with Gasteiger partial charge in [-0.25, -0.2) is 8.42 Å². The lowest BCUT2D eigenvalue weighted by atomic mass is 10.00. The summed E-state index contributed by atoms with van der Waals surface area (Å²) in [5.41, 5.74) is 0.568. The van der Waals surface area contributed by atoms with Gasteiger partial charge in [-0.15, -0.1) is 0 Å². The highest BCUT2D eigenvalue weighted by molar-refractivity contribution is 7.92. The maximum Gasteiger partial charge on any atom is 0.189 e. The van der Waals surface area contributed by atoms with E-state index in [0.29, 0.717) is 10.9 Å². The van der Waals surface area contributed by atoms with Crippen LogP contribution >= 0.6 is 0 Å². The predicted molar refractivity (Wildman–Crippen MR) is 90.9 cm³/mol. The lowest BCUT2D eigenvalue weighted by molar-refractivity contribution is 0.282. The molecule has 0 spiro atoms. The summed E-state index contributed by atoms with van der Waals surface area (Å²) in [4.78, 5) is 3.62. The number of nitrogens with zero attached hydrogens (tertiary/aromatic N) is 1. The summed E-state index contributed by atoms with van der Waals surface area (Å²) >= 11 is 0. The molecule has 3 aromatic carbocycles. The van der Waals surface area contributed by atoms with Crippen LogP contribution in [0.25, 0.3) is 21.5 Å². The molecule has 122 valence electrons. The van der Waals surface area contributed by atoms with Gasteiger partial charge in [-0.3, -0.25) is 4.99 Å². The van der Waals surface area contributed by atoms with E-state index in [4.69, 9.17) is 0 Å². The first-order valence-corrected chi connectivity index (χ1v) is 8.88. The van der Waals surface area contributed by atoms with E-state index in [9.17, 15) is 23.7 Å². The fraction of sp³-hybridized carbons (Fsp3) is 0.118. The van der Waals surface area contributed by atoms with Gasteiger partial charge in [0.05, 0.1) is 12.4 Å². The van der Waals surface area contributed by atoms with Crippen LogP contribution in [0.4, 0.5) is 5.69 Å². The molecule has 0 saturated carbocycles. The van der Waals surface area contributed by atoms with Crippen molar-refractivity contribution in [2.24, 2.45) is 4.99 Å². The molecule has 1 heterocycles. The molecular weight excluding hydrogens is 330 g/mol. The van der Waals surface area contributed by atoms with Crippen molar-refractivity contribution in [2.45, 2.75) is 11.5 Å². The van der Waals surface area contributed by atoms with E-state index >= 15 is 0 Å². The van der Waals surface area contributed by atoms with E-state index in [1.807, 2.05) is 0 Å². The lowest BCUT2D eigenvalue weighted by Crippen LogP contribution is -2.12. The fourth-order valence-electron chi connectivity index (χ4n) is 3.03. The Labute approximate surface area is 137 Å². The second kappa shape index (κ2) is 4.93. The van der Waals surface area contributed by atoms with E-state index in [-0.39, 0.29) is 34.1 Å². The van der Waals surface area contributed by atoms with Crippen molar-refractivity contribution >= 4 is 43.3 Å². The van der Waals surface area contributed by atoms with Gasteiger partial charge in [0.1, 0.15) is 16.3 Å². The zero-order valence-electron chi connectivity index (χ0n) is 12.4. The molecule has 24 heavy (non-hydrogen) atoms. The number of phenols is 2. The summed E-state index contributed by atoms with van der Waals surface area (Å²) in [7, 11) is -3.75.